The summed E-state index contributed by atoms with van der Waals surface area (Å²) in [5.74, 6) is 1.18. The average molecular weight is 374 g/mol. The third-order valence-electron chi connectivity index (χ3n) is 4.51. The van der Waals surface area contributed by atoms with Gasteiger partial charge in [-0.15, -0.1) is 0 Å². The molecule has 0 aliphatic carbocycles. The molecule has 140 valence electrons. The third kappa shape index (κ3) is 4.23. The Hall–Kier alpha value is -3.54. The molecule has 0 radical (unpaired) electrons. The summed E-state index contributed by atoms with van der Waals surface area (Å²) in [4.78, 5) is 12.9. The van der Waals surface area contributed by atoms with E-state index < -0.39 is 0 Å². The standard InChI is InChI=1S/C22H19FN4O/c23-18-5-3-16(4-6-18)19(21-2-1-15-28-21)9-13-25-22-26-14-10-20(27-22)17-7-11-24-12-8-17/h1-8,10-12,14-15,19H,9,13H2,(H,25,26,27)/t19-/m0/s1. The molecule has 1 atom stereocenters. The molecule has 0 saturated heterocycles. The van der Waals surface area contributed by atoms with E-state index in [1.54, 1.807) is 37.0 Å². The molecule has 0 aliphatic rings. The van der Waals surface area contributed by atoms with Crippen LogP contribution in [0.5, 0.6) is 0 Å². The molecule has 6 heteroatoms. The molecule has 0 amide bonds. The summed E-state index contributed by atoms with van der Waals surface area (Å²) >= 11 is 0. The van der Waals surface area contributed by atoms with Gasteiger partial charge in [-0.2, -0.15) is 0 Å². The molecule has 1 N–H and O–H groups in total. The topological polar surface area (TPSA) is 63.8 Å². The fraction of sp³-hybridized carbons (Fsp3) is 0.136. The van der Waals surface area contributed by atoms with Crippen molar-refractivity contribution in [1.29, 1.82) is 0 Å². The maximum atomic E-state index is 13.3. The van der Waals surface area contributed by atoms with Crippen molar-refractivity contribution in [3.05, 3.63) is 96.6 Å². The Bertz CT molecular complexity index is 1000. The summed E-state index contributed by atoms with van der Waals surface area (Å²) in [6.45, 7) is 0.641. The van der Waals surface area contributed by atoms with Gasteiger partial charge in [0.1, 0.15) is 11.6 Å². The number of aromatic nitrogens is 3. The van der Waals surface area contributed by atoms with Gasteiger partial charge in [0, 0.05) is 36.6 Å². The number of anilines is 1. The van der Waals surface area contributed by atoms with E-state index in [0.717, 1.165) is 29.0 Å². The first-order valence-electron chi connectivity index (χ1n) is 9.06. The van der Waals surface area contributed by atoms with Crippen molar-refractivity contribution in [3.8, 4) is 11.3 Å². The van der Waals surface area contributed by atoms with Crippen LogP contribution in [-0.2, 0) is 0 Å². The number of furan rings is 1. The van der Waals surface area contributed by atoms with Crippen LogP contribution < -0.4 is 5.32 Å². The zero-order valence-corrected chi connectivity index (χ0v) is 15.1. The normalized spacial score (nSPS) is 11.9. The minimum absolute atomic E-state index is 0.0199. The summed E-state index contributed by atoms with van der Waals surface area (Å²) in [5, 5.41) is 3.27. The molecule has 28 heavy (non-hydrogen) atoms. The highest BCUT2D eigenvalue weighted by Gasteiger charge is 2.17. The van der Waals surface area contributed by atoms with E-state index in [2.05, 4.69) is 20.3 Å². The lowest BCUT2D eigenvalue weighted by Gasteiger charge is -2.16. The first kappa shape index (κ1) is 17.9. The number of rotatable bonds is 7. The monoisotopic (exact) mass is 374 g/mol. The molecule has 1 aromatic carbocycles. The van der Waals surface area contributed by atoms with Crippen LogP contribution in [0.4, 0.5) is 10.3 Å². The highest BCUT2D eigenvalue weighted by atomic mass is 19.1. The fourth-order valence-electron chi connectivity index (χ4n) is 3.11. The Morgan fingerprint density at radius 3 is 2.54 bits per heavy atom. The lowest BCUT2D eigenvalue weighted by Crippen LogP contribution is -2.11. The molecule has 3 aromatic heterocycles. The number of benzene rings is 1. The Labute approximate surface area is 162 Å². The van der Waals surface area contributed by atoms with Gasteiger partial charge in [0.15, 0.2) is 0 Å². The number of nitrogens with zero attached hydrogens (tertiary/aromatic N) is 3. The summed E-state index contributed by atoms with van der Waals surface area (Å²) in [6.07, 6.45) is 7.61. The Morgan fingerprint density at radius 1 is 0.964 bits per heavy atom. The third-order valence-corrected chi connectivity index (χ3v) is 4.51. The van der Waals surface area contributed by atoms with Crippen molar-refractivity contribution in [3.63, 3.8) is 0 Å². The summed E-state index contributed by atoms with van der Waals surface area (Å²) < 4.78 is 18.9. The first-order valence-corrected chi connectivity index (χ1v) is 9.06. The van der Waals surface area contributed by atoms with Gasteiger partial charge in [-0.1, -0.05) is 12.1 Å². The van der Waals surface area contributed by atoms with E-state index in [0.29, 0.717) is 12.5 Å². The second kappa shape index (κ2) is 8.43. The molecule has 3 heterocycles. The lowest BCUT2D eigenvalue weighted by atomic mass is 9.93. The van der Waals surface area contributed by atoms with E-state index in [1.165, 1.54) is 12.1 Å². The maximum absolute atomic E-state index is 13.3. The molecule has 4 rings (SSSR count). The zero-order chi connectivity index (χ0) is 19.2. The van der Waals surface area contributed by atoms with Crippen LogP contribution in [0.1, 0.15) is 23.7 Å². The second-order valence-electron chi connectivity index (χ2n) is 6.34. The molecular weight excluding hydrogens is 355 g/mol. The Kier molecular flexibility index (Phi) is 5.38. The van der Waals surface area contributed by atoms with E-state index in [-0.39, 0.29) is 11.7 Å². The quantitative estimate of drug-likeness (QED) is 0.498. The van der Waals surface area contributed by atoms with Gasteiger partial charge >= 0.3 is 0 Å². The van der Waals surface area contributed by atoms with Crippen LogP contribution in [0.15, 0.2) is 83.9 Å². The van der Waals surface area contributed by atoms with Crippen molar-refractivity contribution < 1.29 is 8.81 Å². The summed E-state index contributed by atoms with van der Waals surface area (Å²) in [6, 6.07) is 16.0. The molecule has 0 fully saturated rings. The van der Waals surface area contributed by atoms with Crippen molar-refractivity contribution in [2.24, 2.45) is 0 Å². The van der Waals surface area contributed by atoms with Crippen LogP contribution in [0.3, 0.4) is 0 Å². The largest absolute Gasteiger partial charge is 0.469 e. The van der Waals surface area contributed by atoms with Gasteiger partial charge < -0.3 is 9.73 Å². The van der Waals surface area contributed by atoms with Crippen LogP contribution in [0.25, 0.3) is 11.3 Å². The van der Waals surface area contributed by atoms with Gasteiger partial charge in [-0.25, -0.2) is 14.4 Å². The Morgan fingerprint density at radius 2 is 1.79 bits per heavy atom. The van der Waals surface area contributed by atoms with Gasteiger partial charge in [0.2, 0.25) is 5.95 Å². The van der Waals surface area contributed by atoms with Crippen molar-refractivity contribution in [1.82, 2.24) is 15.0 Å². The molecule has 0 bridgehead atoms. The van der Waals surface area contributed by atoms with Crippen LogP contribution in [0, 0.1) is 5.82 Å². The van der Waals surface area contributed by atoms with E-state index in [9.17, 15) is 4.39 Å². The molecule has 0 aliphatic heterocycles. The second-order valence-corrected chi connectivity index (χ2v) is 6.34. The molecule has 0 spiro atoms. The van der Waals surface area contributed by atoms with E-state index >= 15 is 0 Å². The summed E-state index contributed by atoms with van der Waals surface area (Å²) in [5.41, 5.74) is 2.82. The number of halogens is 1. The number of pyridine rings is 1. The average Bonchev–Trinajstić information content (AvgIpc) is 3.28. The van der Waals surface area contributed by atoms with Crippen LogP contribution in [0.2, 0.25) is 0 Å². The van der Waals surface area contributed by atoms with E-state index in [1.807, 2.05) is 30.3 Å². The van der Waals surface area contributed by atoms with Gasteiger partial charge in [0.05, 0.1) is 12.0 Å². The molecule has 5 nitrogen and oxygen atoms in total. The number of hydrogen-bond donors (Lipinski definition) is 1. The molecular formula is C22H19FN4O. The molecule has 0 saturated carbocycles. The molecule has 4 aromatic rings. The predicted molar refractivity (Wildman–Crippen MR) is 105 cm³/mol. The number of hydrogen-bond acceptors (Lipinski definition) is 5. The highest BCUT2D eigenvalue weighted by Crippen LogP contribution is 2.28. The maximum Gasteiger partial charge on any atom is 0.223 e. The zero-order valence-electron chi connectivity index (χ0n) is 15.1. The number of nitrogens with one attached hydrogen (secondary N) is 1. The van der Waals surface area contributed by atoms with Crippen molar-refractivity contribution in [2.75, 3.05) is 11.9 Å². The Balaban J connectivity index is 1.46. The van der Waals surface area contributed by atoms with Gasteiger partial charge in [-0.05, 0) is 54.4 Å². The summed E-state index contributed by atoms with van der Waals surface area (Å²) in [7, 11) is 0. The van der Waals surface area contributed by atoms with Gasteiger partial charge in [0.25, 0.3) is 0 Å². The van der Waals surface area contributed by atoms with Crippen LogP contribution >= 0.6 is 0 Å². The van der Waals surface area contributed by atoms with Crippen LogP contribution in [-0.4, -0.2) is 21.5 Å². The minimum atomic E-state index is -0.249. The van der Waals surface area contributed by atoms with Gasteiger partial charge in [-0.3, -0.25) is 4.98 Å². The highest BCUT2D eigenvalue weighted by molar-refractivity contribution is 5.58. The smallest absolute Gasteiger partial charge is 0.223 e. The lowest BCUT2D eigenvalue weighted by molar-refractivity contribution is 0.477. The van der Waals surface area contributed by atoms with E-state index in [4.69, 9.17) is 4.42 Å². The van der Waals surface area contributed by atoms with Crippen molar-refractivity contribution >= 4 is 5.95 Å². The first-order chi connectivity index (χ1) is 13.8. The molecule has 0 unspecified atom stereocenters. The predicted octanol–water partition coefficient (Wildman–Crippen LogP) is 4.90. The SMILES string of the molecule is Fc1ccc([C@H](CCNc2nccc(-c3ccncc3)n2)c2ccco2)cc1. The fourth-order valence-corrected chi connectivity index (χ4v) is 3.11. The van der Waals surface area contributed by atoms with Crippen molar-refractivity contribution in [2.45, 2.75) is 12.3 Å². The minimum Gasteiger partial charge on any atom is -0.469 e.